The average molecular weight is 166 g/mol. The van der Waals surface area contributed by atoms with Crippen LogP contribution in [0.3, 0.4) is 0 Å². The van der Waals surface area contributed by atoms with E-state index < -0.39 is 11.9 Å². The van der Waals surface area contributed by atoms with Crippen LogP contribution in [0.2, 0.25) is 0 Å². The Kier molecular flexibility index (Phi) is 1.67. The van der Waals surface area contributed by atoms with Crippen LogP contribution in [-0.2, 0) is 4.79 Å². The first kappa shape index (κ1) is 7.46. The molecule has 0 bridgehead atoms. The summed E-state index contributed by atoms with van der Waals surface area (Å²) in [6.07, 6.45) is 4.05. The molecule has 3 unspecified atom stereocenters. The molecule has 2 aliphatic heterocycles. The highest BCUT2D eigenvalue weighted by molar-refractivity contribution is 5.90. The molecule has 4 nitrogen and oxygen atoms in total. The van der Waals surface area contributed by atoms with Crippen LogP contribution < -0.4 is 0 Å². The van der Waals surface area contributed by atoms with Gasteiger partial charge in [0.15, 0.2) is 0 Å². The van der Waals surface area contributed by atoms with E-state index in [4.69, 9.17) is 5.11 Å². The van der Waals surface area contributed by atoms with Crippen LogP contribution in [-0.4, -0.2) is 36.1 Å². The molecule has 0 spiro atoms. The minimum absolute atomic E-state index is 0.153. The molecule has 0 aromatic rings. The number of aliphatic imine (C=N–C) groups is 2. The molecule has 2 rings (SSSR count). The van der Waals surface area contributed by atoms with Crippen LogP contribution in [0.1, 0.15) is 6.42 Å². The van der Waals surface area contributed by atoms with E-state index in [2.05, 4.69) is 9.98 Å². The highest BCUT2D eigenvalue weighted by Crippen LogP contribution is 2.25. The van der Waals surface area contributed by atoms with Crippen molar-refractivity contribution < 1.29 is 9.90 Å². The summed E-state index contributed by atoms with van der Waals surface area (Å²) in [5, 5.41) is 8.73. The van der Waals surface area contributed by atoms with Gasteiger partial charge in [-0.3, -0.25) is 14.8 Å². The normalized spacial score (nSPS) is 38.2. The maximum Gasteiger partial charge on any atom is 0.311 e. The van der Waals surface area contributed by atoms with Crippen molar-refractivity contribution in [3.05, 3.63) is 0 Å². The highest BCUT2D eigenvalue weighted by Gasteiger charge is 2.32. The van der Waals surface area contributed by atoms with Gasteiger partial charge in [0.1, 0.15) is 0 Å². The molecule has 0 amide bonds. The molecule has 12 heavy (non-hydrogen) atoms. The molecular formula is C8H10N2O2. The Balaban J connectivity index is 2.11. The van der Waals surface area contributed by atoms with E-state index in [-0.39, 0.29) is 6.04 Å². The molecule has 64 valence electrons. The second kappa shape index (κ2) is 2.69. The molecule has 0 fully saturated rings. The number of hydrogen-bond donors (Lipinski definition) is 1. The Labute approximate surface area is 70.0 Å². The van der Waals surface area contributed by atoms with Crippen LogP contribution in [0.15, 0.2) is 9.98 Å². The predicted molar refractivity (Wildman–Crippen MR) is 44.9 cm³/mol. The zero-order valence-corrected chi connectivity index (χ0v) is 6.55. The van der Waals surface area contributed by atoms with Gasteiger partial charge < -0.3 is 5.11 Å². The summed E-state index contributed by atoms with van der Waals surface area (Å²) in [6.45, 7) is 0.742. The molecule has 2 heterocycles. The third kappa shape index (κ3) is 1.13. The average Bonchev–Trinajstić information content (AvgIpc) is 2.49. The van der Waals surface area contributed by atoms with E-state index >= 15 is 0 Å². The Hall–Kier alpha value is -1.19. The third-order valence-electron chi connectivity index (χ3n) is 2.39. The summed E-state index contributed by atoms with van der Waals surface area (Å²) in [6, 6.07) is 0.153. The first-order chi connectivity index (χ1) is 5.77. The number of nitrogens with zero attached hydrogens (tertiary/aromatic N) is 2. The van der Waals surface area contributed by atoms with Gasteiger partial charge in [-0.15, -0.1) is 0 Å². The van der Waals surface area contributed by atoms with Crippen molar-refractivity contribution >= 4 is 18.4 Å². The van der Waals surface area contributed by atoms with Gasteiger partial charge in [-0.1, -0.05) is 0 Å². The van der Waals surface area contributed by atoms with Gasteiger partial charge in [-0.2, -0.15) is 0 Å². The van der Waals surface area contributed by atoms with Gasteiger partial charge in [-0.25, -0.2) is 0 Å². The van der Waals surface area contributed by atoms with E-state index in [9.17, 15) is 4.79 Å². The Morgan fingerprint density at radius 3 is 3.08 bits per heavy atom. The summed E-state index contributed by atoms with van der Waals surface area (Å²) >= 11 is 0. The van der Waals surface area contributed by atoms with Gasteiger partial charge >= 0.3 is 5.97 Å². The molecule has 0 radical (unpaired) electrons. The lowest BCUT2D eigenvalue weighted by molar-refractivity contribution is -0.139. The van der Waals surface area contributed by atoms with E-state index in [1.54, 1.807) is 6.21 Å². The second-order valence-electron chi connectivity index (χ2n) is 3.24. The number of carboxylic acid groups (broad SMARTS) is 1. The van der Waals surface area contributed by atoms with Crippen molar-refractivity contribution in [2.24, 2.45) is 21.8 Å². The van der Waals surface area contributed by atoms with Gasteiger partial charge in [0.05, 0.1) is 12.0 Å². The van der Waals surface area contributed by atoms with E-state index in [0.29, 0.717) is 12.3 Å². The van der Waals surface area contributed by atoms with Crippen LogP contribution in [0.25, 0.3) is 0 Å². The molecule has 0 aromatic carbocycles. The molecule has 0 saturated heterocycles. The van der Waals surface area contributed by atoms with Gasteiger partial charge in [0, 0.05) is 24.9 Å². The molecule has 1 N–H and O–H groups in total. The summed E-state index contributed by atoms with van der Waals surface area (Å²) < 4.78 is 0. The number of carbonyl (C=O) groups is 1. The number of rotatable bonds is 1. The van der Waals surface area contributed by atoms with Gasteiger partial charge in [-0.05, 0) is 6.42 Å². The molecular weight excluding hydrogens is 156 g/mol. The van der Waals surface area contributed by atoms with Crippen LogP contribution in [0.4, 0.5) is 0 Å². The second-order valence-corrected chi connectivity index (χ2v) is 3.24. The molecule has 2 aliphatic rings. The first-order valence-electron chi connectivity index (χ1n) is 4.03. The molecule has 0 saturated carbocycles. The first-order valence-corrected chi connectivity index (χ1v) is 4.03. The summed E-state index contributed by atoms with van der Waals surface area (Å²) in [5.41, 5.74) is 0. The smallest absolute Gasteiger partial charge is 0.311 e. The van der Waals surface area contributed by atoms with Crippen molar-refractivity contribution in [2.45, 2.75) is 12.5 Å². The molecule has 0 aromatic heterocycles. The predicted octanol–water partition coefficient (Wildman–Crippen LogP) is 0.231. The minimum atomic E-state index is -0.774. The van der Waals surface area contributed by atoms with Gasteiger partial charge in [0.25, 0.3) is 0 Å². The number of fused-ring (bicyclic) bond motifs is 1. The zero-order chi connectivity index (χ0) is 8.55. The third-order valence-corrected chi connectivity index (χ3v) is 2.39. The fourth-order valence-electron chi connectivity index (χ4n) is 1.66. The number of carboxylic acids is 1. The Bertz CT molecular complexity index is 260. The monoisotopic (exact) mass is 166 g/mol. The Morgan fingerprint density at radius 2 is 2.33 bits per heavy atom. The van der Waals surface area contributed by atoms with Crippen LogP contribution >= 0.6 is 0 Å². The quantitative estimate of drug-likeness (QED) is 0.606. The maximum atomic E-state index is 10.6. The van der Waals surface area contributed by atoms with E-state index in [1.807, 2.05) is 6.21 Å². The maximum absolute atomic E-state index is 10.6. The summed E-state index contributed by atoms with van der Waals surface area (Å²) in [4.78, 5) is 18.8. The summed E-state index contributed by atoms with van der Waals surface area (Å²) in [7, 11) is 0. The highest BCUT2D eigenvalue weighted by atomic mass is 16.4. The molecule has 0 aliphatic carbocycles. The van der Waals surface area contributed by atoms with Crippen molar-refractivity contribution in [3.63, 3.8) is 0 Å². The van der Waals surface area contributed by atoms with Crippen molar-refractivity contribution in [1.82, 2.24) is 0 Å². The topological polar surface area (TPSA) is 62.0 Å². The lowest BCUT2D eigenvalue weighted by atomic mass is 9.89. The largest absolute Gasteiger partial charge is 0.481 e. The fraction of sp³-hybridized carbons (Fsp3) is 0.625. The molecule has 3 atom stereocenters. The minimum Gasteiger partial charge on any atom is -0.481 e. The van der Waals surface area contributed by atoms with Crippen molar-refractivity contribution in [1.29, 1.82) is 0 Å². The van der Waals surface area contributed by atoms with E-state index in [1.165, 1.54) is 0 Å². The number of aliphatic carboxylic acids is 1. The van der Waals surface area contributed by atoms with Crippen molar-refractivity contribution in [3.8, 4) is 0 Å². The van der Waals surface area contributed by atoms with Crippen molar-refractivity contribution in [2.75, 3.05) is 6.54 Å². The van der Waals surface area contributed by atoms with Crippen LogP contribution in [0, 0.1) is 11.8 Å². The standard InChI is InChI=1S/C8H10N2O2/c11-8(12)6-1-5-2-9-4-7(5)10-3-6/h3-7H,1-2H2,(H,11,12). The van der Waals surface area contributed by atoms with Gasteiger partial charge in [0.2, 0.25) is 0 Å². The van der Waals surface area contributed by atoms with Crippen LogP contribution in [0.5, 0.6) is 0 Å². The Morgan fingerprint density at radius 1 is 1.50 bits per heavy atom. The fourth-order valence-corrected chi connectivity index (χ4v) is 1.66. The van der Waals surface area contributed by atoms with E-state index in [0.717, 1.165) is 6.54 Å². The SMILES string of the molecule is O=C(O)C1C=NC2C=NCC2C1. The zero-order valence-electron chi connectivity index (χ0n) is 6.55. The number of hydrogen-bond acceptors (Lipinski definition) is 3. The lowest BCUT2D eigenvalue weighted by Gasteiger charge is -2.21. The summed E-state index contributed by atoms with van der Waals surface area (Å²) in [5.74, 6) is -0.840. The lowest BCUT2D eigenvalue weighted by Crippen LogP contribution is -2.30. The molecule has 4 heteroatoms.